The molecule has 2 aromatic rings. The largest absolute Gasteiger partial charge is 0.424 e. The molecule has 1 heterocycles. The van der Waals surface area contributed by atoms with Gasteiger partial charge in [0.1, 0.15) is 17.2 Å². The molecular weight excluding hydrogens is 348 g/mol. The standard InChI is InChI=1S/C18H20N6O3/c1-10(19)17(25)22-15-9-8-13(16(20)21-15)24-23-12-4-2-3-5-14(12)27-18(26)11-6-7-11/h2-5,8-11H,6-7,19H2,1H3,(H3,20,21,22,25)/t10-/m0/s1. The summed E-state index contributed by atoms with van der Waals surface area (Å²) in [5, 5.41) is 10.7. The minimum Gasteiger partial charge on any atom is -0.424 e. The number of rotatable bonds is 6. The Morgan fingerprint density at radius 2 is 1.89 bits per heavy atom. The quantitative estimate of drug-likeness (QED) is 0.406. The van der Waals surface area contributed by atoms with E-state index in [9.17, 15) is 9.59 Å². The Kier molecular flexibility index (Phi) is 5.41. The van der Waals surface area contributed by atoms with E-state index in [-0.39, 0.29) is 29.4 Å². The predicted molar refractivity (Wildman–Crippen MR) is 99.9 cm³/mol. The third-order valence-electron chi connectivity index (χ3n) is 3.82. The van der Waals surface area contributed by atoms with E-state index in [0.29, 0.717) is 17.1 Å². The van der Waals surface area contributed by atoms with Crippen LogP contribution in [0.3, 0.4) is 0 Å². The second-order valence-corrected chi connectivity index (χ2v) is 6.24. The second-order valence-electron chi connectivity index (χ2n) is 6.24. The number of carbonyl (C=O) groups excluding carboxylic acids is 2. The lowest BCUT2D eigenvalue weighted by molar-refractivity contribution is -0.135. The first-order chi connectivity index (χ1) is 12.9. The molecule has 0 bridgehead atoms. The zero-order valence-electron chi connectivity index (χ0n) is 14.8. The van der Waals surface area contributed by atoms with E-state index >= 15 is 0 Å². The summed E-state index contributed by atoms with van der Waals surface area (Å²) in [5.74, 6) is 0.0521. The van der Waals surface area contributed by atoms with Crippen LogP contribution in [0.1, 0.15) is 19.8 Å². The van der Waals surface area contributed by atoms with Gasteiger partial charge in [-0.05, 0) is 44.0 Å². The maximum Gasteiger partial charge on any atom is 0.314 e. The molecule has 1 aromatic carbocycles. The van der Waals surface area contributed by atoms with Gasteiger partial charge in [0, 0.05) is 0 Å². The third kappa shape index (κ3) is 4.85. The molecule has 0 saturated heterocycles. The Balaban J connectivity index is 1.74. The number of hydrogen-bond acceptors (Lipinski definition) is 8. The van der Waals surface area contributed by atoms with E-state index in [2.05, 4.69) is 20.5 Å². The Labute approximate surface area is 155 Å². The molecule has 1 aliphatic rings. The van der Waals surface area contributed by atoms with Crippen molar-refractivity contribution in [3.63, 3.8) is 0 Å². The first kappa shape index (κ1) is 18.5. The Morgan fingerprint density at radius 1 is 1.19 bits per heavy atom. The van der Waals surface area contributed by atoms with E-state index in [1.54, 1.807) is 43.3 Å². The summed E-state index contributed by atoms with van der Waals surface area (Å²) >= 11 is 0. The summed E-state index contributed by atoms with van der Waals surface area (Å²) in [6.07, 6.45) is 1.72. The van der Waals surface area contributed by atoms with Gasteiger partial charge in [-0.1, -0.05) is 12.1 Å². The number of hydrogen-bond donors (Lipinski definition) is 3. The molecule has 1 fully saturated rings. The van der Waals surface area contributed by atoms with Gasteiger partial charge in [-0.2, -0.15) is 0 Å². The molecule has 0 aliphatic heterocycles. The summed E-state index contributed by atoms with van der Waals surface area (Å²) < 4.78 is 5.37. The van der Waals surface area contributed by atoms with Crippen LogP contribution in [0, 0.1) is 5.92 Å². The van der Waals surface area contributed by atoms with Crippen molar-refractivity contribution in [2.45, 2.75) is 25.8 Å². The first-order valence-electron chi connectivity index (χ1n) is 8.49. The highest BCUT2D eigenvalue weighted by Gasteiger charge is 2.32. The Hall–Kier alpha value is -3.33. The van der Waals surface area contributed by atoms with Crippen molar-refractivity contribution in [2.75, 3.05) is 11.1 Å². The summed E-state index contributed by atoms with van der Waals surface area (Å²) in [7, 11) is 0. The van der Waals surface area contributed by atoms with Gasteiger partial charge < -0.3 is 21.5 Å². The number of nitrogens with one attached hydrogen (secondary N) is 1. The predicted octanol–water partition coefficient (Wildman–Crippen LogP) is 2.68. The van der Waals surface area contributed by atoms with Gasteiger partial charge >= 0.3 is 5.97 Å². The van der Waals surface area contributed by atoms with Crippen molar-refractivity contribution in [1.82, 2.24) is 4.98 Å². The highest BCUT2D eigenvalue weighted by atomic mass is 16.5. The van der Waals surface area contributed by atoms with Gasteiger partial charge in [0.05, 0.1) is 12.0 Å². The number of anilines is 2. The number of amides is 1. The Morgan fingerprint density at radius 3 is 2.56 bits per heavy atom. The monoisotopic (exact) mass is 368 g/mol. The van der Waals surface area contributed by atoms with Crippen molar-refractivity contribution < 1.29 is 14.3 Å². The smallest absolute Gasteiger partial charge is 0.314 e. The van der Waals surface area contributed by atoms with Crippen LogP contribution < -0.4 is 21.5 Å². The van der Waals surface area contributed by atoms with E-state index < -0.39 is 6.04 Å². The third-order valence-corrected chi connectivity index (χ3v) is 3.82. The van der Waals surface area contributed by atoms with Crippen molar-refractivity contribution in [3.8, 4) is 5.75 Å². The average molecular weight is 368 g/mol. The van der Waals surface area contributed by atoms with Gasteiger partial charge in [-0.3, -0.25) is 9.59 Å². The molecule has 0 unspecified atom stereocenters. The van der Waals surface area contributed by atoms with Crippen molar-refractivity contribution in [1.29, 1.82) is 0 Å². The van der Waals surface area contributed by atoms with E-state index in [0.717, 1.165) is 12.8 Å². The molecule has 27 heavy (non-hydrogen) atoms. The van der Waals surface area contributed by atoms with E-state index in [1.165, 1.54) is 0 Å². The normalized spacial score (nSPS) is 14.7. The van der Waals surface area contributed by atoms with Gasteiger partial charge in [0.2, 0.25) is 5.91 Å². The molecule has 0 radical (unpaired) electrons. The lowest BCUT2D eigenvalue weighted by Gasteiger charge is -2.08. The summed E-state index contributed by atoms with van der Waals surface area (Å²) in [5.41, 5.74) is 12.1. The number of nitrogens with zero attached hydrogens (tertiary/aromatic N) is 3. The summed E-state index contributed by atoms with van der Waals surface area (Å²) in [6, 6.07) is 9.30. The van der Waals surface area contributed by atoms with Gasteiger partial charge in [-0.15, -0.1) is 10.2 Å². The van der Waals surface area contributed by atoms with Gasteiger partial charge in [-0.25, -0.2) is 4.98 Å². The minimum absolute atomic E-state index is 0.0196. The van der Waals surface area contributed by atoms with Crippen LogP contribution in [-0.4, -0.2) is 22.9 Å². The van der Waals surface area contributed by atoms with Crippen LogP contribution in [-0.2, 0) is 9.59 Å². The van der Waals surface area contributed by atoms with Crippen LogP contribution in [0.15, 0.2) is 46.6 Å². The molecule has 1 saturated carbocycles. The van der Waals surface area contributed by atoms with Gasteiger partial charge in [0.15, 0.2) is 11.6 Å². The maximum atomic E-state index is 11.9. The fraction of sp³-hybridized carbons (Fsp3) is 0.278. The fourth-order valence-electron chi connectivity index (χ4n) is 2.11. The lowest BCUT2D eigenvalue weighted by atomic mass is 10.3. The number of carbonyl (C=O) groups is 2. The topological polar surface area (TPSA) is 145 Å². The number of aromatic nitrogens is 1. The van der Waals surface area contributed by atoms with Crippen LogP contribution in [0.2, 0.25) is 0 Å². The molecule has 0 spiro atoms. The first-order valence-corrected chi connectivity index (χ1v) is 8.49. The van der Waals surface area contributed by atoms with Crippen LogP contribution in [0.25, 0.3) is 0 Å². The number of nitrogen functional groups attached to an aromatic ring is 1. The zero-order chi connectivity index (χ0) is 19.4. The molecular formula is C18H20N6O3. The average Bonchev–Trinajstić information content (AvgIpc) is 3.47. The molecule has 1 aliphatic carbocycles. The number of ether oxygens (including phenoxy) is 1. The molecule has 3 rings (SSSR count). The maximum absolute atomic E-state index is 11.9. The van der Waals surface area contributed by atoms with Crippen LogP contribution in [0.4, 0.5) is 23.0 Å². The van der Waals surface area contributed by atoms with E-state index in [4.69, 9.17) is 16.2 Å². The SMILES string of the molecule is C[C@H](N)C(=O)Nc1ccc(N=Nc2ccccc2OC(=O)C2CC2)c(N)n1. The summed E-state index contributed by atoms with van der Waals surface area (Å²) in [6.45, 7) is 1.56. The molecule has 140 valence electrons. The second kappa shape index (κ2) is 7.92. The molecule has 5 N–H and O–H groups in total. The number of azo groups is 1. The van der Waals surface area contributed by atoms with Crippen LogP contribution in [0.5, 0.6) is 5.75 Å². The minimum atomic E-state index is -0.665. The molecule has 1 atom stereocenters. The Bertz CT molecular complexity index is 892. The van der Waals surface area contributed by atoms with Crippen molar-refractivity contribution in [2.24, 2.45) is 21.9 Å². The molecule has 1 amide bonds. The molecule has 9 heteroatoms. The number of nitrogens with two attached hydrogens (primary N) is 2. The fourth-order valence-corrected chi connectivity index (χ4v) is 2.11. The van der Waals surface area contributed by atoms with Crippen molar-refractivity contribution in [3.05, 3.63) is 36.4 Å². The number of esters is 1. The van der Waals surface area contributed by atoms with Gasteiger partial charge in [0.25, 0.3) is 0 Å². The zero-order valence-corrected chi connectivity index (χ0v) is 14.8. The highest BCUT2D eigenvalue weighted by Crippen LogP contribution is 2.34. The number of para-hydroxylation sites is 1. The highest BCUT2D eigenvalue weighted by molar-refractivity contribution is 5.93. The number of benzene rings is 1. The van der Waals surface area contributed by atoms with Crippen molar-refractivity contribution >= 4 is 34.9 Å². The summed E-state index contributed by atoms with van der Waals surface area (Å²) in [4.78, 5) is 27.5. The van der Waals surface area contributed by atoms with E-state index in [1.807, 2.05) is 0 Å². The number of pyridine rings is 1. The molecule has 9 nitrogen and oxygen atoms in total. The van der Waals surface area contributed by atoms with Crippen LogP contribution >= 0.6 is 0 Å². The molecule has 1 aromatic heterocycles. The lowest BCUT2D eigenvalue weighted by Crippen LogP contribution is -2.32.